The molecule has 0 aromatic heterocycles. The third-order valence-corrected chi connectivity index (χ3v) is 1.92. The lowest BCUT2D eigenvalue weighted by molar-refractivity contribution is 0.968. The lowest BCUT2D eigenvalue weighted by atomic mass is 10.1. The van der Waals surface area contributed by atoms with Crippen molar-refractivity contribution in [1.82, 2.24) is 0 Å². The van der Waals surface area contributed by atoms with Crippen LogP contribution in [-0.4, -0.2) is 13.3 Å². The molecule has 0 spiro atoms. The third kappa shape index (κ3) is 2.26. The Morgan fingerprint density at radius 2 is 2.23 bits per heavy atom. The van der Waals surface area contributed by atoms with Gasteiger partial charge < -0.3 is 5.73 Å². The molecule has 1 aromatic carbocycles. The first-order valence-corrected chi connectivity index (χ1v) is 4.24. The monoisotopic (exact) mass is 174 g/mol. The average molecular weight is 174 g/mol. The lowest BCUT2D eigenvalue weighted by Crippen LogP contribution is -2.02. The van der Waals surface area contributed by atoms with Crippen LogP contribution >= 0.6 is 0 Å². The summed E-state index contributed by atoms with van der Waals surface area (Å²) in [6.07, 6.45) is 2.67. The van der Waals surface area contributed by atoms with Crippen molar-refractivity contribution in [3.8, 4) is 0 Å². The summed E-state index contributed by atoms with van der Waals surface area (Å²) < 4.78 is 0. The topological polar surface area (TPSA) is 38.4 Å². The number of benzene rings is 1. The second kappa shape index (κ2) is 4.58. The van der Waals surface area contributed by atoms with E-state index >= 15 is 0 Å². The van der Waals surface area contributed by atoms with Crippen molar-refractivity contribution in [1.29, 1.82) is 0 Å². The van der Waals surface area contributed by atoms with Crippen LogP contribution in [0.2, 0.25) is 0 Å². The normalized spacial score (nSPS) is 9.62. The van der Waals surface area contributed by atoms with Crippen LogP contribution in [0.3, 0.4) is 0 Å². The second-order valence-corrected chi connectivity index (χ2v) is 2.79. The zero-order valence-electron chi connectivity index (χ0n) is 7.66. The van der Waals surface area contributed by atoms with Crippen molar-refractivity contribution in [2.45, 2.75) is 6.42 Å². The zero-order chi connectivity index (χ0) is 9.68. The SMILES string of the molecule is C=Cc1cc(CCN)ccc1N=C. The molecule has 0 radical (unpaired) electrons. The Labute approximate surface area is 78.8 Å². The highest BCUT2D eigenvalue weighted by molar-refractivity contribution is 5.65. The zero-order valence-corrected chi connectivity index (χ0v) is 7.66. The molecule has 0 amide bonds. The van der Waals surface area contributed by atoms with Crippen LogP contribution in [0.5, 0.6) is 0 Å². The molecule has 0 bridgehead atoms. The molecule has 1 aromatic rings. The van der Waals surface area contributed by atoms with Gasteiger partial charge in [-0.05, 0) is 42.9 Å². The van der Waals surface area contributed by atoms with Crippen molar-refractivity contribution in [2.75, 3.05) is 6.54 Å². The van der Waals surface area contributed by atoms with Crippen LogP contribution < -0.4 is 5.73 Å². The van der Waals surface area contributed by atoms with Crippen LogP contribution in [0.1, 0.15) is 11.1 Å². The Morgan fingerprint density at radius 1 is 1.46 bits per heavy atom. The molecular formula is C11H14N2. The standard InChI is InChI=1S/C11H14N2/c1-3-10-8-9(6-7-12)4-5-11(10)13-2/h3-5,8H,1-2,6-7,12H2. The summed E-state index contributed by atoms with van der Waals surface area (Å²) in [6.45, 7) is 7.88. The summed E-state index contributed by atoms with van der Waals surface area (Å²) in [5, 5.41) is 0. The van der Waals surface area contributed by atoms with Gasteiger partial charge in [-0.2, -0.15) is 0 Å². The Bertz CT molecular complexity index is 316. The molecule has 2 heteroatoms. The van der Waals surface area contributed by atoms with E-state index in [1.165, 1.54) is 5.56 Å². The first kappa shape index (κ1) is 9.68. The molecule has 0 saturated heterocycles. The molecule has 1 rings (SSSR count). The molecule has 0 saturated carbocycles. The Morgan fingerprint density at radius 3 is 2.77 bits per heavy atom. The number of rotatable bonds is 4. The molecule has 0 fully saturated rings. The average Bonchev–Trinajstić information content (AvgIpc) is 2.18. The molecule has 0 aliphatic rings. The highest BCUT2D eigenvalue weighted by Crippen LogP contribution is 2.21. The summed E-state index contributed by atoms with van der Waals surface area (Å²) in [5.74, 6) is 0. The van der Waals surface area contributed by atoms with Gasteiger partial charge in [0.05, 0.1) is 5.69 Å². The maximum Gasteiger partial charge on any atom is 0.0694 e. The fraction of sp³-hybridized carbons (Fsp3) is 0.182. The number of nitrogens with two attached hydrogens (primary N) is 1. The molecule has 0 aliphatic heterocycles. The van der Waals surface area contributed by atoms with Gasteiger partial charge in [-0.1, -0.05) is 18.7 Å². The van der Waals surface area contributed by atoms with Crippen LogP contribution in [0.25, 0.3) is 6.08 Å². The minimum atomic E-state index is 0.664. The maximum atomic E-state index is 5.46. The summed E-state index contributed by atoms with van der Waals surface area (Å²) in [6, 6.07) is 6.00. The lowest BCUT2D eigenvalue weighted by Gasteiger charge is -2.03. The van der Waals surface area contributed by atoms with Crippen molar-refractivity contribution >= 4 is 18.5 Å². The fourth-order valence-corrected chi connectivity index (χ4v) is 1.23. The smallest absolute Gasteiger partial charge is 0.0694 e. The molecule has 2 nitrogen and oxygen atoms in total. The van der Waals surface area contributed by atoms with Crippen molar-refractivity contribution < 1.29 is 0 Å². The summed E-state index contributed by atoms with van der Waals surface area (Å²) in [4.78, 5) is 3.89. The van der Waals surface area contributed by atoms with E-state index in [1.807, 2.05) is 18.2 Å². The highest BCUT2D eigenvalue weighted by atomic mass is 14.7. The predicted molar refractivity (Wildman–Crippen MR) is 58.5 cm³/mol. The molecule has 0 heterocycles. The number of hydrogen-bond acceptors (Lipinski definition) is 2. The molecule has 0 unspecified atom stereocenters. The van der Waals surface area contributed by atoms with E-state index in [0.717, 1.165) is 17.7 Å². The van der Waals surface area contributed by atoms with Crippen molar-refractivity contribution in [3.05, 3.63) is 35.9 Å². The second-order valence-electron chi connectivity index (χ2n) is 2.79. The molecule has 13 heavy (non-hydrogen) atoms. The van der Waals surface area contributed by atoms with Gasteiger partial charge in [-0.3, -0.25) is 4.99 Å². The Hall–Kier alpha value is -1.41. The van der Waals surface area contributed by atoms with Gasteiger partial charge >= 0.3 is 0 Å². The first-order chi connectivity index (χ1) is 6.31. The van der Waals surface area contributed by atoms with Gasteiger partial charge in [0.2, 0.25) is 0 Å². The van der Waals surface area contributed by atoms with E-state index in [0.29, 0.717) is 6.54 Å². The Balaban J connectivity index is 3.05. The largest absolute Gasteiger partial charge is 0.330 e. The van der Waals surface area contributed by atoms with Crippen molar-refractivity contribution in [2.24, 2.45) is 10.7 Å². The van der Waals surface area contributed by atoms with E-state index in [4.69, 9.17) is 5.73 Å². The third-order valence-electron chi connectivity index (χ3n) is 1.92. The van der Waals surface area contributed by atoms with Gasteiger partial charge in [0, 0.05) is 0 Å². The van der Waals surface area contributed by atoms with Crippen LogP contribution in [-0.2, 0) is 6.42 Å². The Kier molecular flexibility index (Phi) is 3.41. The summed E-state index contributed by atoms with van der Waals surface area (Å²) in [7, 11) is 0. The molecular weight excluding hydrogens is 160 g/mol. The van der Waals surface area contributed by atoms with E-state index in [1.54, 1.807) is 6.08 Å². The number of hydrogen-bond donors (Lipinski definition) is 1. The van der Waals surface area contributed by atoms with E-state index in [-0.39, 0.29) is 0 Å². The minimum absolute atomic E-state index is 0.664. The predicted octanol–water partition coefficient (Wildman–Crippen LogP) is 2.16. The molecule has 0 atom stereocenters. The summed E-state index contributed by atoms with van der Waals surface area (Å²) in [5.41, 5.74) is 8.56. The quantitative estimate of drug-likeness (QED) is 0.698. The molecule has 68 valence electrons. The number of aliphatic imine (C=N–C) groups is 1. The van der Waals surface area contributed by atoms with E-state index < -0.39 is 0 Å². The molecule has 0 aliphatic carbocycles. The minimum Gasteiger partial charge on any atom is -0.330 e. The highest BCUT2D eigenvalue weighted by Gasteiger charge is 1.98. The van der Waals surface area contributed by atoms with Crippen LogP contribution in [0.4, 0.5) is 5.69 Å². The van der Waals surface area contributed by atoms with Gasteiger partial charge in [-0.25, -0.2) is 0 Å². The van der Waals surface area contributed by atoms with Gasteiger partial charge in [0.15, 0.2) is 0 Å². The van der Waals surface area contributed by atoms with Gasteiger partial charge in [0.1, 0.15) is 0 Å². The van der Waals surface area contributed by atoms with E-state index in [9.17, 15) is 0 Å². The maximum absolute atomic E-state index is 5.46. The van der Waals surface area contributed by atoms with Crippen molar-refractivity contribution in [3.63, 3.8) is 0 Å². The number of nitrogens with zero attached hydrogens (tertiary/aromatic N) is 1. The van der Waals surface area contributed by atoms with Gasteiger partial charge in [0.25, 0.3) is 0 Å². The van der Waals surface area contributed by atoms with Crippen LogP contribution in [0.15, 0.2) is 29.8 Å². The summed E-state index contributed by atoms with van der Waals surface area (Å²) >= 11 is 0. The molecule has 2 N–H and O–H groups in total. The van der Waals surface area contributed by atoms with Gasteiger partial charge in [-0.15, -0.1) is 0 Å². The van der Waals surface area contributed by atoms with E-state index in [2.05, 4.69) is 18.3 Å². The fourth-order valence-electron chi connectivity index (χ4n) is 1.23. The van der Waals surface area contributed by atoms with Crippen LogP contribution in [0, 0.1) is 0 Å². The first-order valence-electron chi connectivity index (χ1n) is 4.24.